The molecule has 6 nitrogen and oxygen atoms in total. The van der Waals surface area contributed by atoms with Gasteiger partial charge in [-0.3, -0.25) is 10.1 Å². The van der Waals surface area contributed by atoms with Gasteiger partial charge in [0.1, 0.15) is 11.3 Å². The summed E-state index contributed by atoms with van der Waals surface area (Å²) in [5, 5.41) is 3.75. The van der Waals surface area contributed by atoms with Crippen LogP contribution >= 0.6 is 27.3 Å². The number of ether oxygens (including phenoxy) is 1. The topological polar surface area (TPSA) is 81.4 Å². The molecule has 0 aliphatic carbocycles. The Morgan fingerprint density at radius 2 is 2.11 bits per heavy atom. The van der Waals surface area contributed by atoms with Crippen LogP contribution in [0.15, 0.2) is 56.1 Å². The molecule has 4 rings (SSSR count). The van der Waals surface area contributed by atoms with Gasteiger partial charge in [0, 0.05) is 22.0 Å². The largest absolute Gasteiger partial charge is 0.494 e. The van der Waals surface area contributed by atoms with E-state index in [1.54, 1.807) is 18.2 Å². The number of halogens is 1. The van der Waals surface area contributed by atoms with E-state index in [1.807, 2.05) is 25.1 Å². The van der Waals surface area contributed by atoms with Gasteiger partial charge in [-0.15, -0.1) is 0 Å². The summed E-state index contributed by atoms with van der Waals surface area (Å²) in [6.45, 7) is 2.35. The number of amides is 1. The Labute approximate surface area is 165 Å². The van der Waals surface area contributed by atoms with E-state index in [9.17, 15) is 9.59 Å². The Bertz CT molecular complexity index is 1230. The van der Waals surface area contributed by atoms with Gasteiger partial charge in [0.15, 0.2) is 5.13 Å². The minimum Gasteiger partial charge on any atom is -0.494 e. The number of anilines is 1. The van der Waals surface area contributed by atoms with Crippen LogP contribution in [0.25, 0.3) is 21.2 Å². The fourth-order valence-electron chi connectivity index (χ4n) is 2.70. The summed E-state index contributed by atoms with van der Waals surface area (Å²) in [5.41, 5.74) is 0.711. The van der Waals surface area contributed by atoms with Gasteiger partial charge >= 0.3 is 5.63 Å². The molecular weight excluding hydrogens is 432 g/mol. The first-order chi connectivity index (χ1) is 13.0. The van der Waals surface area contributed by atoms with Gasteiger partial charge in [-0.05, 0) is 37.3 Å². The third-order valence-electron chi connectivity index (χ3n) is 3.84. The summed E-state index contributed by atoms with van der Waals surface area (Å²) in [4.78, 5) is 29.1. The van der Waals surface area contributed by atoms with Gasteiger partial charge in [-0.1, -0.05) is 27.3 Å². The molecule has 136 valence electrons. The summed E-state index contributed by atoms with van der Waals surface area (Å²) in [6, 6.07) is 11.9. The SMILES string of the molecule is CCOc1ccc2c(C(=O)Nc3nc4ccc(Br)cc4s3)cc(=O)oc2c1. The van der Waals surface area contributed by atoms with Crippen molar-refractivity contribution in [2.24, 2.45) is 0 Å². The molecule has 27 heavy (non-hydrogen) atoms. The highest BCUT2D eigenvalue weighted by Gasteiger charge is 2.16. The molecule has 0 bridgehead atoms. The lowest BCUT2D eigenvalue weighted by Gasteiger charge is -2.07. The molecular formula is C19H13BrN2O4S. The Kier molecular flexibility index (Phi) is 4.67. The van der Waals surface area contributed by atoms with Crippen LogP contribution in [-0.4, -0.2) is 17.5 Å². The first-order valence-corrected chi connectivity index (χ1v) is 9.72. The van der Waals surface area contributed by atoms with E-state index < -0.39 is 11.5 Å². The van der Waals surface area contributed by atoms with Crippen LogP contribution in [0.3, 0.4) is 0 Å². The van der Waals surface area contributed by atoms with E-state index >= 15 is 0 Å². The average molecular weight is 445 g/mol. The number of hydrogen-bond acceptors (Lipinski definition) is 6. The fourth-order valence-corrected chi connectivity index (χ4v) is 4.12. The van der Waals surface area contributed by atoms with E-state index in [1.165, 1.54) is 17.4 Å². The van der Waals surface area contributed by atoms with Crippen LogP contribution in [0.1, 0.15) is 17.3 Å². The van der Waals surface area contributed by atoms with Crippen LogP contribution in [-0.2, 0) is 0 Å². The molecule has 8 heteroatoms. The minimum absolute atomic E-state index is 0.227. The highest BCUT2D eigenvalue weighted by Crippen LogP contribution is 2.29. The third-order valence-corrected chi connectivity index (χ3v) is 5.27. The van der Waals surface area contributed by atoms with E-state index in [-0.39, 0.29) is 5.56 Å². The van der Waals surface area contributed by atoms with Crippen LogP contribution < -0.4 is 15.7 Å². The van der Waals surface area contributed by atoms with Crippen LogP contribution in [0, 0.1) is 0 Å². The molecule has 0 aliphatic rings. The number of nitrogens with one attached hydrogen (secondary N) is 1. The fraction of sp³-hybridized carbons (Fsp3) is 0.105. The Balaban J connectivity index is 1.71. The zero-order chi connectivity index (χ0) is 19.0. The number of thiazole rings is 1. The van der Waals surface area contributed by atoms with Crippen LogP contribution in [0.5, 0.6) is 5.75 Å². The predicted octanol–water partition coefficient (Wildman–Crippen LogP) is 4.82. The summed E-state index contributed by atoms with van der Waals surface area (Å²) in [6.07, 6.45) is 0. The van der Waals surface area contributed by atoms with Gasteiger partial charge in [-0.25, -0.2) is 9.78 Å². The molecule has 2 aromatic carbocycles. The molecule has 4 aromatic rings. The van der Waals surface area contributed by atoms with Crippen molar-refractivity contribution in [1.82, 2.24) is 4.98 Å². The van der Waals surface area contributed by atoms with Gasteiger partial charge in [0.05, 0.1) is 22.4 Å². The molecule has 2 aromatic heterocycles. The second-order valence-electron chi connectivity index (χ2n) is 5.66. The molecule has 0 spiro atoms. The van der Waals surface area contributed by atoms with Crippen molar-refractivity contribution in [3.63, 3.8) is 0 Å². The number of rotatable bonds is 4. The lowest BCUT2D eigenvalue weighted by atomic mass is 10.1. The number of aromatic nitrogens is 1. The molecule has 0 saturated carbocycles. The van der Waals surface area contributed by atoms with E-state index in [0.29, 0.717) is 28.5 Å². The van der Waals surface area contributed by atoms with Gasteiger partial charge in [0.2, 0.25) is 0 Å². The van der Waals surface area contributed by atoms with Crippen molar-refractivity contribution < 1.29 is 13.9 Å². The number of hydrogen-bond donors (Lipinski definition) is 1. The number of benzene rings is 2. The quantitative estimate of drug-likeness (QED) is 0.456. The molecule has 0 atom stereocenters. The Hall–Kier alpha value is -2.71. The third kappa shape index (κ3) is 3.58. The number of carbonyl (C=O) groups is 1. The van der Waals surface area contributed by atoms with Gasteiger partial charge < -0.3 is 9.15 Å². The smallest absolute Gasteiger partial charge is 0.337 e. The maximum atomic E-state index is 12.8. The maximum Gasteiger partial charge on any atom is 0.337 e. The maximum absolute atomic E-state index is 12.8. The van der Waals surface area contributed by atoms with Crippen molar-refractivity contribution in [3.05, 3.63) is 62.9 Å². The van der Waals surface area contributed by atoms with E-state index in [4.69, 9.17) is 9.15 Å². The van der Waals surface area contributed by atoms with Crippen molar-refractivity contribution in [1.29, 1.82) is 0 Å². The summed E-state index contributed by atoms with van der Waals surface area (Å²) in [7, 11) is 0. The zero-order valence-corrected chi connectivity index (χ0v) is 16.5. The predicted molar refractivity (Wildman–Crippen MR) is 109 cm³/mol. The lowest BCUT2D eigenvalue weighted by molar-refractivity contribution is 0.102. The molecule has 0 unspecified atom stereocenters. The van der Waals surface area contributed by atoms with E-state index in [0.717, 1.165) is 14.7 Å². The Morgan fingerprint density at radius 3 is 2.93 bits per heavy atom. The first kappa shape index (κ1) is 17.7. The standard InChI is InChI=1S/C19H13BrN2O4S/c1-2-25-11-4-5-12-13(9-17(23)26-15(12)8-11)18(24)22-19-21-14-6-3-10(20)7-16(14)27-19/h3-9H,2H2,1H3,(H,21,22,24). The lowest BCUT2D eigenvalue weighted by Crippen LogP contribution is -2.15. The number of fused-ring (bicyclic) bond motifs is 2. The van der Waals surface area contributed by atoms with Crippen molar-refractivity contribution >= 4 is 59.5 Å². The summed E-state index contributed by atoms with van der Waals surface area (Å²) in [5.74, 6) is 0.151. The first-order valence-electron chi connectivity index (χ1n) is 8.11. The van der Waals surface area contributed by atoms with Crippen molar-refractivity contribution in [3.8, 4) is 5.75 Å². The number of nitrogens with zero attached hydrogens (tertiary/aromatic N) is 1. The highest BCUT2D eigenvalue weighted by atomic mass is 79.9. The second-order valence-corrected chi connectivity index (χ2v) is 7.60. The molecule has 1 N–H and O–H groups in total. The van der Waals surface area contributed by atoms with Crippen LogP contribution in [0.2, 0.25) is 0 Å². The van der Waals surface area contributed by atoms with Gasteiger partial charge in [0.25, 0.3) is 5.91 Å². The summed E-state index contributed by atoms with van der Waals surface area (Å²) < 4.78 is 12.5. The number of carbonyl (C=O) groups excluding carboxylic acids is 1. The monoisotopic (exact) mass is 444 g/mol. The van der Waals surface area contributed by atoms with E-state index in [2.05, 4.69) is 26.2 Å². The van der Waals surface area contributed by atoms with Crippen LogP contribution in [0.4, 0.5) is 5.13 Å². The molecule has 0 saturated heterocycles. The summed E-state index contributed by atoms with van der Waals surface area (Å²) >= 11 is 4.78. The minimum atomic E-state index is -0.602. The second kappa shape index (κ2) is 7.13. The normalized spacial score (nSPS) is 11.0. The Morgan fingerprint density at radius 1 is 1.26 bits per heavy atom. The zero-order valence-electron chi connectivity index (χ0n) is 14.1. The molecule has 2 heterocycles. The van der Waals surface area contributed by atoms with Crippen molar-refractivity contribution in [2.45, 2.75) is 6.92 Å². The average Bonchev–Trinajstić information content (AvgIpc) is 3.02. The molecule has 0 fully saturated rings. The molecule has 1 amide bonds. The van der Waals surface area contributed by atoms with Crippen molar-refractivity contribution in [2.75, 3.05) is 11.9 Å². The van der Waals surface area contributed by atoms with Gasteiger partial charge in [-0.2, -0.15) is 0 Å². The molecule has 0 aliphatic heterocycles. The highest BCUT2D eigenvalue weighted by molar-refractivity contribution is 9.10. The molecule has 0 radical (unpaired) electrons.